The lowest BCUT2D eigenvalue weighted by molar-refractivity contribution is 0.580. The van der Waals surface area contributed by atoms with Crippen molar-refractivity contribution in [2.45, 2.75) is 12.3 Å². The summed E-state index contributed by atoms with van der Waals surface area (Å²) in [5.74, 6) is -0.153. The molecule has 3 rings (SSSR count). The average Bonchev–Trinajstić information content (AvgIpc) is 2.55. The van der Waals surface area contributed by atoms with Gasteiger partial charge in [-0.15, -0.1) is 0 Å². The van der Waals surface area contributed by atoms with Crippen molar-refractivity contribution in [3.05, 3.63) is 71.0 Å². The normalized spacial score (nSPS) is 11.7. The van der Waals surface area contributed by atoms with Gasteiger partial charge in [0.05, 0.1) is 16.8 Å². The van der Waals surface area contributed by atoms with Gasteiger partial charge in [0.1, 0.15) is 0 Å². The first-order chi connectivity index (χ1) is 11.0. The van der Waals surface area contributed by atoms with Gasteiger partial charge in [0, 0.05) is 24.0 Å². The topological polar surface area (TPSA) is 72.0 Å². The van der Waals surface area contributed by atoms with Gasteiger partial charge in [-0.05, 0) is 29.3 Å². The minimum Gasteiger partial charge on any atom is -0.253 e. The minimum atomic E-state index is -3.48. The molecule has 0 radical (unpaired) electrons. The van der Waals surface area contributed by atoms with E-state index in [9.17, 15) is 8.42 Å². The quantitative estimate of drug-likeness (QED) is 0.770. The van der Waals surface area contributed by atoms with E-state index in [1.807, 2.05) is 18.2 Å². The highest BCUT2D eigenvalue weighted by molar-refractivity contribution is 7.88. The molecule has 0 spiro atoms. The Morgan fingerprint density at radius 1 is 1.00 bits per heavy atom. The standard InChI is InChI=1S/C16H14ClN3O2S/c17-14-4-2-1-3-13(14)11-23(21,22)20-10-12-5-6-15-16(9-12)19-8-7-18-15/h1-9,20H,10-11H2. The predicted molar refractivity (Wildman–Crippen MR) is 90.5 cm³/mol. The van der Waals surface area contributed by atoms with Gasteiger partial charge in [0.15, 0.2) is 0 Å². The van der Waals surface area contributed by atoms with Crippen LogP contribution in [-0.2, 0) is 22.3 Å². The zero-order valence-electron chi connectivity index (χ0n) is 12.1. The average molecular weight is 348 g/mol. The largest absolute Gasteiger partial charge is 0.253 e. The first-order valence-electron chi connectivity index (χ1n) is 6.94. The number of halogens is 1. The summed E-state index contributed by atoms with van der Waals surface area (Å²) in [6.07, 6.45) is 3.22. The zero-order valence-corrected chi connectivity index (χ0v) is 13.7. The molecule has 0 saturated carbocycles. The maximum atomic E-state index is 12.2. The lowest BCUT2D eigenvalue weighted by Crippen LogP contribution is -2.24. The van der Waals surface area contributed by atoms with Crippen LogP contribution >= 0.6 is 11.6 Å². The summed E-state index contributed by atoms with van der Waals surface area (Å²) in [6.45, 7) is 0.194. The van der Waals surface area contributed by atoms with E-state index in [1.165, 1.54) is 0 Å². The van der Waals surface area contributed by atoms with Gasteiger partial charge in [-0.3, -0.25) is 9.97 Å². The smallest absolute Gasteiger partial charge is 0.216 e. The second-order valence-electron chi connectivity index (χ2n) is 5.05. The molecule has 23 heavy (non-hydrogen) atoms. The number of aromatic nitrogens is 2. The van der Waals surface area contributed by atoms with Gasteiger partial charge >= 0.3 is 0 Å². The third-order valence-corrected chi connectivity index (χ3v) is 4.98. The Kier molecular flexibility index (Phi) is 4.56. The third kappa shape index (κ3) is 4.04. The highest BCUT2D eigenvalue weighted by Gasteiger charge is 2.13. The third-order valence-electron chi connectivity index (χ3n) is 3.33. The Bertz CT molecular complexity index is 945. The Hall–Kier alpha value is -2.02. The molecule has 0 saturated heterocycles. The van der Waals surface area contributed by atoms with Gasteiger partial charge in [-0.25, -0.2) is 13.1 Å². The van der Waals surface area contributed by atoms with Crippen molar-refractivity contribution in [3.63, 3.8) is 0 Å². The van der Waals surface area contributed by atoms with Crippen LogP contribution in [0.2, 0.25) is 5.02 Å². The van der Waals surface area contributed by atoms with E-state index in [2.05, 4.69) is 14.7 Å². The summed E-state index contributed by atoms with van der Waals surface area (Å²) in [7, 11) is -3.48. The van der Waals surface area contributed by atoms with Crippen LogP contribution in [0, 0.1) is 0 Å². The molecule has 5 nitrogen and oxygen atoms in total. The molecule has 1 aromatic heterocycles. The number of sulfonamides is 1. The molecule has 1 N–H and O–H groups in total. The summed E-state index contributed by atoms with van der Waals surface area (Å²) >= 11 is 6.01. The van der Waals surface area contributed by atoms with E-state index in [0.717, 1.165) is 16.6 Å². The van der Waals surface area contributed by atoms with E-state index in [1.54, 1.807) is 36.7 Å². The lowest BCUT2D eigenvalue weighted by atomic mass is 10.2. The van der Waals surface area contributed by atoms with Crippen LogP contribution in [0.15, 0.2) is 54.9 Å². The molecule has 7 heteroatoms. The van der Waals surface area contributed by atoms with Crippen LogP contribution in [0.5, 0.6) is 0 Å². The molecule has 0 amide bonds. The highest BCUT2D eigenvalue weighted by Crippen LogP contribution is 2.17. The summed E-state index contributed by atoms with van der Waals surface area (Å²) in [6, 6.07) is 12.4. The fraction of sp³-hybridized carbons (Fsp3) is 0.125. The molecule has 0 aliphatic rings. The molecule has 1 heterocycles. The molecule has 0 atom stereocenters. The van der Waals surface area contributed by atoms with Gasteiger partial charge < -0.3 is 0 Å². The molecule has 0 unspecified atom stereocenters. The summed E-state index contributed by atoms with van der Waals surface area (Å²) in [5.41, 5.74) is 2.90. The first-order valence-corrected chi connectivity index (χ1v) is 8.97. The van der Waals surface area contributed by atoms with Crippen LogP contribution < -0.4 is 4.72 Å². The maximum Gasteiger partial charge on any atom is 0.216 e. The lowest BCUT2D eigenvalue weighted by Gasteiger charge is -2.08. The number of rotatable bonds is 5. The molecule has 0 aliphatic carbocycles. The monoisotopic (exact) mass is 347 g/mol. The van der Waals surface area contributed by atoms with Crippen molar-refractivity contribution >= 4 is 32.7 Å². The Morgan fingerprint density at radius 3 is 2.52 bits per heavy atom. The Balaban J connectivity index is 1.72. The fourth-order valence-electron chi connectivity index (χ4n) is 2.18. The molecular formula is C16H14ClN3O2S. The number of benzene rings is 2. The number of fused-ring (bicyclic) bond motifs is 1. The number of hydrogen-bond donors (Lipinski definition) is 1. The predicted octanol–water partition coefficient (Wildman–Crippen LogP) is 2.90. The molecule has 118 valence electrons. The molecule has 2 aromatic carbocycles. The van der Waals surface area contributed by atoms with Gasteiger partial charge in [-0.1, -0.05) is 35.9 Å². The number of nitrogens with zero attached hydrogens (tertiary/aromatic N) is 2. The summed E-state index contributed by atoms with van der Waals surface area (Å²) in [5, 5.41) is 0.443. The van der Waals surface area contributed by atoms with Crippen molar-refractivity contribution in [3.8, 4) is 0 Å². The van der Waals surface area contributed by atoms with Crippen LogP contribution in [0.25, 0.3) is 11.0 Å². The van der Waals surface area contributed by atoms with Crippen LogP contribution in [0.3, 0.4) is 0 Å². The SMILES string of the molecule is O=S(=O)(Cc1ccccc1Cl)NCc1ccc2nccnc2c1. The van der Waals surface area contributed by atoms with E-state index in [4.69, 9.17) is 11.6 Å². The van der Waals surface area contributed by atoms with Crippen molar-refractivity contribution in [2.75, 3.05) is 0 Å². The number of hydrogen-bond acceptors (Lipinski definition) is 4. The van der Waals surface area contributed by atoms with Gasteiger partial charge in [0.2, 0.25) is 10.0 Å². The minimum absolute atomic E-state index is 0.153. The van der Waals surface area contributed by atoms with Crippen LogP contribution in [0.4, 0.5) is 0 Å². The van der Waals surface area contributed by atoms with E-state index in [0.29, 0.717) is 10.6 Å². The second kappa shape index (κ2) is 6.62. The van der Waals surface area contributed by atoms with Crippen molar-refractivity contribution in [1.29, 1.82) is 0 Å². The second-order valence-corrected chi connectivity index (χ2v) is 7.27. The van der Waals surface area contributed by atoms with Crippen molar-refractivity contribution in [2.24, 2.45) is 0 Å². The highest BCUT2D eigenvalue weighted by atomic mass is 35.5. The summed E-state index contributed by atoms with van der Waals surface area (Å²) in [4.78, 5) is 8.39. The number of nitrogens with one attached hydrogen (secondary N) is 1. The first kappa shape index (κ1) is 15.9. The molecule has 3 aromatic rings. The Morgan fingerprint density at radius 2 is 1.74 bits per heavy atom. The van der Waals surface area contributed by atoms with Gasteiger partial charge in [0.25, 0.3) is 0 Å². The van der Waals surface area contributed by atoms with E-state index in [-0.39, 0.29) is 12.3 Å². The van der Waals surface area contributed by atoms with E-state index < -0.39 is 10.0 Å². The fourth-order valence-corrected chi connectivity index (χ4v) is 3.61. The van der Waals surface area contributed by atoms with Gasteiger partial charge in [-0.2, -0.15) is 0 Å². The van der Waals surface area contributed by atoms with Crippen molar-refractivity contribution < 1.29 is 8.42 Å². The van der Waals surface area contributed by atoms with Crippen LogP contribution in [-0.4, -0.2) is 18.4 Å². The molecule has 0 aliphatic heterocycles. The molecular weight excluding hydrogens is 334 g/mol. The van der Waals surface area contributed by atoms with Crippen LogP contribution in [0.1, 0.15) is 11.1 Å². The molecule has 0 bridgehead atoms. The summed E-state index contributed by atoms with van der Waals surface area (Å²) < 4.78 is 27.0. The van der Waals surface area contributed by atoms with E-state index >= 15 is 0 Å². The Labute approximate surface area is 139 Å². The molecule has 0 fully saturated rings. The maximum absolute atomic E-state index is 12.2. The zero-order chi connectivity index (χ0) is 16.3. The van der Waals surface area contributed by atoms with Crippen molar-refractivity contribution in [1.82, 2.24) is 14.7 Å².